The van der Waals surface area contributed by atoms with E-state index in [1.54, 1.807) is 18.3 Å². The Morgan fingerprint density at radius 1 is 1.62 bits per heavy atom. The summed E-state index contributed by atoms with van der Waals surface area (Å²) in [5.74, 6) is 0. The van der Waals surface area contributed by atoms with Gasteiger partial charge in [-0.1, -0.05) is 11.6 Å². The van der Waals surface area contributed by atoms with Crippen molar-refractivity contribution in [2.45, 2.75) is 4.21 Å². The minimum Gasteiger partial charge on any atom is -0.302 e. The maximum atomic E-state index is 10.7. The summed E-state index contributed by atoms with van der Waals surface area (Å²) >= 11 is 5.10. The van der Waals surface area contributed by atoms with Crippen LogP contribution in [-0.4, -0.2) is 13.7 Å². The van der Waals surface area contributed by atoms with Crippen LogP contribution >= 0.6 is 22.9 Å². The normalized spacial score (nSPS) is 13.4. The molecule has 2 rings (SSSR count). The summed E-state index contributed by atoms with van der Waals surface area (Å²) < 4.78 is 20.7. The molecule has 0 radical (unpaired) electrons. The first-order chi connectivity index (χ1) is 6.18. The SMILES string of the molecule is O=S(O)c1cc2nccc(Cl)c2s1. The molecule has 0 aliphatic heterocycles. The number of thiophene rings is 1. The Morgan fingerprint density at radius 3 is 3.00 bits per heavy atom. The Balaban J connectivity index is 2.75. The molecule has 0 aliphatic carbocycles. The first-order valence-electron chi connectivity index (χ1n) is 3.33. The van der Waals surface area contributed by atoms with Gasteiger partial charge in [-0.15, -0.1) is 11.3 Å². The van der Waals surface area contributed by atoms with E-state index in [1.165, 1.54) is 11.3 Å². The number of hydrogen-bond acceptors (Lipinski definition) is 3. The highest BCUT2D eigenvalue weighted by molar-refractivity contribution is 7.82. The lowest BCUT2D eigenvalue weighted by atomic mass is 10.4. The molecule has 1 unspecified atom stereocenters. The van der Waals surface area contributed by atoms with Crippen LogP contribution < -0.4 is 0 Å². The summed E-state index contributed by atoms with van der Waals surface area (Å²) in [7, 11) is 0. The molecule has 1 atom stereocenters. The molecule has 0 fully saturated rings. The zero-order valence-corrected chi connectivity index (χ0v) is 8.62. The quantitative estimate of drug-likeness (QED) is 0.770. The van der Waals surface area contributed by atoms with Gasteiger partial charge in [0.2, 0.25) is 0 Å². The first-order valence-corrected chi connectivity index (χ1v) is 5.63. The van der Waals surface area contributed by atoms with Gasteiger partial charge in [0.25, 0.3) is 0 Å². The van der Waals surface area contributed by atoms with Crippen molar-refractivity contribution in [3.05, 3.63) is 23.4 Å². The molecule has 0 aliphatic rings. The monoisotopic (exact) mass is 233 g/mol. The maximum Gasteiger partial charge on any atom is 0.196 e. The molecule has 68 valence electrons. The lowest BCUT2D eigenvalue weighted by molar-refractivity contribution is 0.566. The van der Waals surface area contributed by atoms with E-state index in [9.17, 15) is 4.21 Å². The van der Waals surface area contributed by atoms with Crippen molar-refractivity contribution in [2.24, 2.45) is 0 Å². The molecule has 3 nitrogen and oxygen atoms in total. The summed E-state index contributed by atoms with van der Waals surface area (Å²) in [6, 6.07) is 3.23. The van der Waals surface area contributed by atoms with Crippen molar-refractivity contribution >= 4 is 44.2 Å². The summed E-state index contributed by atoms with van der Waals surface area (Å²) in [5, 5.41) is 0.562. The van der Waals surface area contributed by atoms with E-state index < -0.39 is 11.1 Å². The van der Waals surface area contributed by atoms with Gasteiger partial charge in [-0.2, -0.15) is 0 Å². The van der Waals surface area contributed by atoms with E-state index in [0.717, 1.165) is 4.70 Å². The number of nitrogens with zero attached hydrogens (tertiary/aromatic N) is 1. The van der Waals surface area contributed by atoms with E-state index in [4.69, 9.17) is 16.2 Å². The van der Waals surface area contributed by atoms with Crippen LogP contribution in [0.1, 0.15) is 0 Å². The van der Waals surface area contributed by atoms with Crippen LogP contribution in [0.15, 0.2) is 22.5 Å². The highest BCUT2D eigenvalue weighted by atomic mass is 35.5. The number of aromatic nitrogens is 1. The molecule has 0 saturated heterocycles. The standard InChI is InChI=1S/C7H4ClNO2S2/c8-4-1-2-9-5-3-6(13(10)11)12-7(4)5/h1-3H,(H,10,11). The Morgan fingerprint density at radius 2 is 2.38 bits per heavy atom. The lowest BCUT2D eigenvalue weighted by Crippen LogP contribution is -1.80. The van der Waals surface area contributed by atoms with E-state index in [1.807, 2.05) is 0 Å². The van der Waals surface area contributed by atoms with Crippen LogP contribution in [0, 0.1) is 0 Å². The third-order valence-corrected chi connectivity index (χ3v) is 4.03. The molecule has 0 spiro atoms. The molecule has 2 heterocycles. The molecule has 0 aromatic carbocycles. The van der Waals surface area contributed by atoms with Crippen molar-refractivity contribution in [2.75, 3.05) is 0 Å². The summed E-state index contributed by atoms with van der Waals surface area (Å²) in [5.41, 5.74) is 0.662. The summed E-state index contributed by atoms with van der Waals surface area (Å²) in [4.78, 5) is 4.03. The third kappa shape index (κ3) is 1.60. The maximum absolute atomic E-state index is 10.7. The second-order valence-corrected chi connectivity index (χ2v) is 4.98. The predicted molar refractivity (Wildman–Crippen MR) is 53.7 cm³/mol. The Bertz CT molecular complexity index is 482. The first kappa shape index (κ1) is 9.08. The smallest absolute Gasteiger partial charge is 0.196 e. The van der Waals surface area contributed by atoms with Crippen LogP contribution in [0.4, 0.5) is 0 Å². The molecular formula is C7H4ClNO2S2. The molecule has 0 amide bonds. The minimum absolute atomic E-state index is 0.371. The number of halogens is 1. The molecule has 6 heteroatoms. The summed E-state index contributed by atoms with van der Waals surface area (Å²) in [6.45, 7) is 0. The largest absolute Gasteiger partial charge is 0.302 e. The minimum atomic E-state index is -1.95. The molecule has 1 N–H and O–H groups in total. The predicted octanol–water partition coefficient (Wildman–Crippen LogP) is 2.53. The third-order valence-electron chi connectivity index (χ3n) is 1.51. The van der Waals surface area contributed by atoms with Crippen molar-refractivity contribution in [3.8, 4) is 0 Å². The number of hydrogen-bond donors (Lipinski definition) is 1. The van der Waals surface area contributed by atoms with Crippen LogP contribution in [0.3, 0.4) is 0 Å². The van der Waals surface area contributed by atoms with Crippen molar-refractivity contribution in [3.63, 3.8) is 0 Å². The van der Waals surface area contributed by atoms with E-state index in [0.29, 0.717) is 14.7 Å². The number of pyridine rings is 1. The van der Waals surface area contributed by atoms with Gasteiger partial charge < -0.3 is 4.55 Å². The average Bonchev–Trinajstić information content (AvgIpc) is 2.49. The second-order valence-electron chi connectivity index (χ2n) is 2.32. The Labute approximate surface area is 85.7 Å². The zero-order valence-electron chi connectivity index (χ0n) is 6.23. The van der Waals surface area contributed by atoms with E-state index in [-0.39, 0.29) is 0 Å². The fourth-order valence-corrected chi connectivity index (χ4v) is 2.74. The molecule has 2 aromatic heterocycles. The van der Waals surface area contributed by atoms with Gasteiger partial charge in [-0.25, -0.2) is 4.21 Å². The molecular weight excluding hydrogens is 230 g/mol. The lowest BCUT2D eigenvalue weighted by Gasteiger charge is -1.88. The fraction of sp³-hybridized carbons (Fsp3) is 0. The second kappa shape index (κ2) is 3.34. The topological polar surface area (TPSA) is 50.2 Å². The zero-order chi connectivity index (χ0) is 9.42. The Hall–Kier alpha value is -0.490. The van der Waals surface area contributed by atoms with E-state index in [2.05, 4.69) is 4.98 Å². The van der Waals surface area contributed by atoms with Gasteiger partial charge in [0, 0.05) is 6.20 Å². The number of rotatable bonds is 1. The van der Waals surface area contributed by atoms with Crippen molar-refractivity contribution in [1.82, 2.24) is 4.98 Å². The highest BCUT2D eigenvalue weighted by Crippen LogP contribution is 2.31. The van der Waals surface area contributed by atoms with Crippen molar-refractivity contribution < 1.29 is 8.76 Å². The van der Waals surface area contributed by atoms with Crippen molar-refractivity contribution in [1.29, 1.82) is 0 Å². The highest BCUT2D eigenvalue weighted by Gasteiger charge is 2.09. The van der Waals surface area contributed by atoms with Gasteiger partial charge in [-0.05, 0) is 12.1 Å². The van der Waals surface area contributed by atoms with Crippen LogP contribution in [-0.2, 0) is 11.1 Å². The fourth-order valence-electron chi connectivity index (χ4n) is 0.971. The Kier molecular flexibility index (Phi) is 2.33. The molecule has 2 aromatic rings. The van der Waals surface area contributed by atoms with Crippen LogP contribution in [0.5, 0.6) is 0 Å². The van der Waals surface area contributed by atoms with Gasteiger partial charge in [0.05, 0.1) is 15.2 Å². The number of fused-ring (bicyclic) bond motifs is 1. The van der Waals surface area contributed by atoms with E-state index >= 15 is 0 Å². The molecule has 0 bridgehead atoms. The summed E-state index contributed by atoms with van der Waals surface area (Å²) in [6.07, 6.45) is 1.57. The molecule has 0 saturated carbocycles. The average molecular weight is 234 g/mol. The van der Waals surface area contributed by atoms with Gasteiger partial charge in [-0.3, -0.25) is 4.98 Å². The molecule has 13 heavy (non-hydrogen) atoms. The van der Waals surface area contributed by atoms with Gasteiger partial charge in [0.1, 0.15) is 4.21 Å². The van der Waals surface area contributed by atoms with Crippen LogP contribution in [0.2, 0.25) is 5.02 Å². The van der Waals surface area contributed by atoms with Gasteiger partial charge in [0.15, 0.2) is 11.1 Å². The van der Waals surface area contributed by atoms with Crippen LogP contribution in [0.25, 0.3) is 10.2 Å². The van der Waals surface area contributed by atoms with Gasteiger partial charge >= 0.3 is 0 Å².